The summed E-state index contributed by atoms with van der Waals surface area (Å²) in [6.07, 6.45) is 14.0. The Bertz CT molecular complexity index is 5720. The van der Waals surface area contributed by atoms with Crippen LogP contribution in [0, 0.1) is 29.1 Å². The van der Waals surface area contributed by atoms with Crippen molar-refractivity contribution in [2.24, 2.45) is 29.1 Å². The Morgan fingerprint density at radius 3 is 0.993 bits per heavy atom. The summed E-state index contributed by atoms with van der Waals surface area (Å²) in [6, 6.07) is 117. The van der Waals surface area contributed by atoms with Crippen LogP contribution in [0.4, 0.5) is 4.79 Å². The van der Waals surface area contributed by atoms with Gasteiger partial charge in [-0.3, -0.25) is 4.79 Å². The first-order valence-electron chi connectivity index (χ1n) is 50.9. The molecule has 14 nitrogen and oxygen atoms in total. The highest BCUT2D eigenvalue weighted by Crippen LogP contribution is 2.62. The van der Waals surface area contributed by atoms with Crippen molar-refractivity contribution < 1.29 is 61.2 Å². The number of nitrogens with zero attached hydrogens (tertiary/aromatic N) is 1. The van der Waals surface area contributed by atoms with E-state index in [0.717, 1.165) is 72.6 Å². The van der Waals surface area contributed by atoms with E-state index in [4.69, 9.17) is 38.6 Å². The molecule has 750 valence electrons. The molecule has 0 radical (unpaired) electrons. The molecule has 0 aromatic heterocycles. The van der Waals surface area contributed by atoms with Crippen LogP contribution in [0.15, 0.2) is 386 Å². The van der Waals surface area contributed by atoms with Crippen LogP contribution in [0.1, 0.15) is 262 Å². The third-order valence-electron chi connectivity index (χ3n) is 27.6. The summed E-state index contributed by atoms with van der Waals surface area (Å²) in [6.45, 7) is 33.5. The maximum absolute atomic E-state index is 12.4. The van der Waals surface area contributed by atoms with E-state index in [0.29, 0.717) is 72.8 Å². The highest BCUT2D eigenvalue weighted by molar-refractivity contribution is 7.97. The Kier molecular flexibility index (Phi) is 43.1. The fourth-order valence-electron chi connectivity index (χ4n) is 18.6. The Morgan fingerprint density at radius 2 is 0.683 bits per heavy atom. The summed E-state index contributed by atoms with van der Waals surface area (Å²) in [7, 11) is -2.79. The zero-order valence-electron chi connectivity index (χ0n) is 86.1. The van der Waals surface area contributed by atoms with Gasteiger partial charge in [0.2, 0.25) is 12.6 Å². The molecule has 18 rings (SSSR count). The van der Waals surface area contributed by atoms with E-state index in [1.54, 1.807) is 41.3 Å². The van der Waals surface area contributed by atoms with Gasteiger partial charge in [-0.1, -0.05) is 284 Å². The molecule has 5 fully saturated rings. The number of carbonyl (C=O) groups is 2. The number of hydrogen-bond acceptors (Lipinski definition) is 13. The lowest BCUT2D eigenvalue weighted by atomic mass is 9.49. The average Bonchev–Trinajstić information content (AvgIpc) is 0.735. The van der Waals surface area contributed by atoms with E-state index in [9.17, 15) is 22.6 Å². The Balaban J connectivity index is 0.000000162. The van der Waals surface area contributed by atoms with Crippen molar-refractivity contribution >= 4 is 44.0 Å². The molecule has 0 spiro atoms. The number of esters is 1. The first kappa shape index (κ1) is 111. The smallest absolute Gasteiger partial charge is 0.415 e. The Hall–Kier alpha value is -11.7. The lowest BCUT2D eigenvalue weighted by molar-refractivity contribution is -0.204. The highest BCUT2D eigenvalue weighted by Gasteiger charge is 2.56. The molecule has 1 amide bonds. The number of phenols is 2. The van der Waals surface area contributed by atoms with Crippen LogP contribution in [0.2, 0.25) is 0 Å². The Morgan fingerprint density at radius 1 is 0.387 bits per heavy atom. The van der Waals surface area contributed by atoms with Crippen molar-refractivity contribution in [1.29, 1.82) is 0 Å². The molecule has 142 heavy (non-hydrogen) atoms. The quantitative estimate of drug-likeness (QED) is 0.0148. The average molecular weight is 1970 g/mol. The van der Waals surface area contributed by atoms with E-state index in [1.807, 2.05) is 99.8 Å². The number of phenolic OH excluding ortho intramolecular Hbond substituents is 2. The number of likely N-dealkylation sites (tertiary alicyclic amines) is 1. The molecule has 7 atom stereocenters. The van der Waals surface area contributed by atoms with Crippen LogP contribution in [-0.2, 0) is 51.6 Å². The van der Waals surface area contributed by atoms with Gasteiger partial charge in [0.15, 0.2) is 29.4 Å². The second kappa shape index (κ2) is 55.3. The number of amides is 1. The summed E-state index contributed by atoms with van der Waals surface area (Å²) in [5.74, 6) is 7.85. The lowest BCUT2D eigenvalue weighted by Gasteiger charge is -2.58. The monoisotopic (exact) mass is 1970 g/mol. The Labute approximate surface area is 853 Å². The summed E-state index contributed by atoms with van der Waals surface area (Å²) in [4.78, 5) is 34.2. The highest BCUT2D eigenvalue weighted by atomic mass is 32.2. The summed E-state index contributed by atoms with van der Waals surface area (Å²) < 4.78 is 67.9. The van der Waals surface area contributed by atoms with Gasteiger partial charge >= 0.3 is 12.1 Å². The summed E-state index contributed by atoms with van der Waals surface area (Å²) in [5.41, 5.74) is 9.39. The number of rotatable bonds is 29. The maximum atomic E-state index is 12.4. The molecule has 5 aliphatic rings. The van der Waals surface area contributed by atoms with Gasteiger partial charge in [0.05, 0.1) is 38.7 Å². The third-order valence-corrected chi connectivity index (χ3v) is 32.9. The zero-order valence-corrected chi connectivity index (χ0v) is 88.5. The largest absolute Gasteiger partial charge is 0.744 e. The first-order valence-corrected chi connectivity index (χ1v) is 54.8. The number of hydrogen-bond donors (Lipinski definition) is 2. The SMILES string of the molecule is CC(C)(C)c1ccc([S+](c2ccccc2)c2ccccc2)cc1.CCC(C)c1ccc(O)cc1.CCC(C)c1ccc(O)cc1.CCC(C)c1ccc(OC(=O)N2CCC(C(=O)Oc3ccc(S(=O)(=O)[O-])cc3)CC2)cc1.CCC(C)c1ccc(OC(OC(C)C)c2ccccc2)cc1.CCC(C)c1ccc(OC(OC)C23CC4CC(CC(C4)C2)C3)cc1.c1ccc([S+](c2ccccc2)c2ccccc2)cc1. The molecule has 7 unspecified atom stereocenters. The summed E-state index contributed by atoms with van der Waals surface area (Å²) >= 11 is 0. The van der Waals surface area contributed by atoms with Crippen molar-refractivity contribution in [2.45, 2.75) is 275 Å². The van der Waals surface area contributed by atoms with Crippen molar-refractivity contribution in [1.82, 2.24) is 4.90 Å². The number of aromatic hydroxyl groups is 2. The number of ether oxygens (including phenoxy) is 6. The van der Waals surface area contributed by atoms with Gasteiger partial charge in [0.1, 0.15) is 44.6 Å². The van der Waals surface area contributed by atoms with Crippen LogP contribution in [0.3, 0.4) is 0 Å². The first-order chi connectivity index (χ1) is 68.4. The van der Waals surface area contributed by atoms with Crippen LogP contribution in [0.25, 0.3) is 0 Å². The van der Waals surface area contributed by atoms with E-state index < -0.39 is 33.0 Å². The molecule has 17 heteroatoms. The molecular formula is C125H150NO13S3+. The molecule has 1 saturated heterocycles. The van der Waals surface area contributed by atoms with Gasteiger partial charge in [-0.2, -0.15) is 0 Å². The van der Waals surface area contributed by atoms with E-state index >= 15 is 0 Å². The third kappa shape index (κ3) is 33.5. The second-order valence-electron chi connectivity index (χ2n) is 39.4. The number of methoxy groups -OCH3 is 1. The van der Waals surface area contributed by atoms with E-state index in [2.05, 4.69) is 302 Å². The topological polar surface area (TPSA) is 190 Å². The molecule has 4 saturated carbocycles. The van der Waals surface area contributed by atoms with Gasteiger partial charge in [-0.05, 0) is 341 Å². The molecule has 1 aliphatic heterocycles. The second-order valence-corrected chi connectivity index (χ2v) is 44.8. The van der Waals surface area contributed by atoms with Crippen molar-refractivity contribution in [3.8, 4) is 34.5 Å². The maximum Gasteiger partial charge on any atom is 0.415 e. The lowest BCUT2D eigenvalue weighted by Crippen LogP contribution is -2.53. The molecular weight excluding hydrogens is 1820 g/mol. The summed E-state index contributed by atoms with van der Waals surface area (Å²) in [5, 5.41) is 18.0. The van der Waals surface area contributed by atoms with Crippen LogP contribution in [0.5, 0.6) is 34.5 Å². The standard InChI is InChI=1S/C23H27NO7S.C22H32O2.C22H23S.C20H26O2.C18H15S.2C10H14O/c1-3-16(2)17-4-6-20(7-5-17)31-23(26)24-14-12-18(13-15-24)22(25)30-19-8-10-21(11-9-19)32(27,28)29;1-4-15(2)19-5-7-20(8-6-19)24-21(23-3)22-12-16-9-17(13-22)11-18(10-16)14-22;1-22(2,3)18-14-16-21(17-15-18)23(19-10-6-4-7-11-19)20-12-8-5-9-13-20;1-5-16(4)17-11-13-19(14-12-17)22-20(21-15(2)3)18-9-7-6-8-10-18;1-4-10-16(11-5-1)19(17-12-6-2-7-13-17)18-14-8-3-9-15-18;2*1-3-8(2)9-4-6-10(11)7-5-9/h4-11,16,18H,3,12-15H2,1-2H3,(H,27,28,29);5-8,15-18,21H,4,9-14H2,1-3H3;4-17H,1-3H3;6-16,20H,5H2,1-4H3;1-15H;2*4-8,11H,3H2,1-2H3/q;;+1;;+1;;/p-1. The normalized spacial score (nSPS) is 17.2. The van der Waals surface area contributed by atoms with Crippen LogP contribution in [-0.4, -0.2) is 72.7 Å². The van der Waals surface area contributed by atoms with Crippen LogP contribution < -0.4 is 18.9 Å². The minimum absolute atomic E-state index is 0.0146. The molecule has 4 bridgehead atoms. The minimum atomic E-state index is -4.55. The molecule has 13 aromatic carbocycles. The number of piperidine rings is 1. The van der Waals surface area contributed by atoms with Crippen molar-refractivity contribution in [3.05, 3.63) is 391 Å². The van der Waals surface area contributed by atoms with Crippen molar-refractivity contribution in [2.75, 3.05) is 20.2 Å². The van der Waals surface area contributed by atoms with Gasteiger partial charge in [-0.25, -0.2) is 13.2 Å². The van der Waals surface area contributed by atoms with Gasteiger partial charge in [0.25, 0.3) is 0 Å². The van der Waals surface area contributed by atoms with Gasteiger partial charge in [-0.15, -0.1) is 0 Å². The van der Waals surface area contributed by atoms with E-state index in [-0.39, 0.29) is 57.1 Å². The van der Waals surface area contributed by atoms with Crippen molar-refractivity contribution in [3.63, 3.8) is 0 Å². The number of benzene rings is 13. The predicted molar refractivity (Wildman–Crippen MR) is 579 cm³/mol. The van der Waals surface area contributed by atoms with Crippen LogP contribution >= 0.6 is 0 Å². The molecule has 1 heterocycles. The van der Waals surface area contributed by atoms with E-state index in [1.165, 1.54) is 120 Å². The molecule has 4 aliphatic carbocycles. The molecule has 13 aromatic rings. The zero-order chi connectivity index (χ0) is 102. The minimum Gasteiger partial charge on any atom is -0.744 e. The number of carbonyl (C=O) groups excluding carboxylic acids is 2. The predicted octanol–water partition coefficient (Wildman–Crippen LogP) is 32.1. The fraction of sp³-hybridized carbons (Fsp3) is 0.360. The van der Waals surface area contributed by atoms with Gasteiger partial charge in [0, 0.05) is 31.2 Å². The molecule has 2 N–H and O–H groups in total. The fourth-order valence-corrected chi connectivity index (χ4v) is 23.3. The van der Waals surface area contributed by atoms with Gasteiger partial charge < -0.3 is 48.1 Å².